The molecule has 0 aliphatic carbocycles. The number of aryl methyl sites for hydroxylation is 1. The number of methoxy groups -OCH3 is 1. The number of hydrogen-bond acceptors (Lipinski definition) is 2. The normalized spacial score (nSPS) is 11.7. The summed E-state index contributed by atoms with van der Waals surface area (Å²) in [5.74, 6) is -0.101. The summed E-state index contributed by atoms with van der Waals surface area (Å²) in [7, 11) is 1.69. The maximum absolute atomic E-state index is 13.4. The van der Waals surface area contributed by atoms with Crippen LogP contribution in [0.4, 0.5) is 5.69 Å². The predicted molar refractivity (Wildman–Crippen MR) is 124 cm³/mol. The molecule has 0 aliphatic rings. The lowest BCUT2D eigenvalue weighted by Gasteiger charge is -2.13. The summed E-state index contributed by atoms with van der Waals surface area (Å²) < 4.78 is 9.76. The second-order valence-electron chi connectivity index (χ2n) is 8.09. The highest BCUT2D eigenvalue weighted by Crippen LogP contribution is 2.34. The lowest BCUT2D eigenvalue weighted by molar-refractivity contribution is 0.101. The van der Waals surface area contributed by atoms with Gasteiger partial charge in [0.1, 0.15) is 5.69 Å². The van der Waals surface area contributed by atoms with Crippen LogP contribution in [0.2, 0.25) is 0 Å². The third kappa shape index (κ3) is 3.29. The molecule has 30 heavy (non-hydrogen) atoms. The highest BCUT2D eigenvalue weighted by Gasteiger charge is 2.23. The molecule has 0 bridgehead atoms. The molecule has 0 aliphatic heterocycles. The number of carbonyl (C=O) groups excluding carboxylic acids is 1. The molecule has 4 rings (SSSR count). The van der Waals surface area contributed by atoms with E-state index in [9.17, 15) is 4.79 Å². The number of carbonyl (C=O) groups is 1. The van der Waals surface area contributed by atoms with Gasteiger partial charge in [-0.05, 0) is 57.0 Å². The number of benzene rings is 2. The Bertz CT molecular complexity index is 1230. The maximum Gasteiger partial charge on any atom is 0.272 e. The molecule has 156 valence electrons. The van der Waals surface area contributed by atoms with Gasteiger partial charge in [0, 0.05) is 30.8 Å². The van der Waals surface area contributed by atoms with Crippen molar-refractivity contribution in [3.05, 3.63) is 65.4 Å². The summed E-state index contributed by atoms with van der Waals surface area (Å²) in [6.45, 7) is 9.59. The second kappa shape index (κ2) is 8.00. The van der Waals surface area contributed by atoms with Crippen LogP contribution in [0.15, 0.2) is 48.5 Å². The Morgan fingerprint density at radius 2 is 1.83 bits per heavy atom. The van der Waals surface area contributed by atoms with Crippen LogP contribution >= 0.6 is 0 Å². The Hall–Kier alpha value is -3.05. The molecule has 1 N–H and O–H groups in total. The van der Waals surface area contributed by atoms with Gasteiger partial charge >= 0.3 is 0 Å². The zero-order valence-electron chi connectivity index (χ0n) is 18.3. The van der Waals surface area contributed by atoms with Crippen molar-refractivity contribution in [3.8, 4) is 0 Å². The van der Waals surface area contributed by atoms with Crippen LogP contribution < -0.4 is 5.32 Å². The van der Waals surface area contributed by atoms with Crippen LogP contribution in [0.25, 0.3) is 21.9 Å². The van der Waals surface area contributed by atoms with Gasteiger partial charge in [0.15, 0.2) is 0 Å². The van der Waals surface area contributed by atoms with Crippen LogP contribution in [-0.2, 0) is 11.3 Å². The van der Waals surface area contributed by atoms with Gasteiger partial charge in [-0.3, -0.25) is 4.79 Å². The number of aromatic nitrogens is 2. The number of anilines is 1. The Kier molecular flexibility index (Phi) is 5.39. The van der Waals surface area contributed by atoms with E-state index >= 15 is 0 Å². The van der Waals surface area contributed by atoms with E-state index in [0.717, 1.165) is 33.2 Å². The molecule has 0 saturated carbocycles. The van der Waals surface area contributed by atoms with Gasteiger partial charge in [-0.2, -0.15) is 0 Å². The molecule has 2 aromatic heterocycles. The summed E-state index contributed by atoms with van der Waals surface area (Å²) in [5.41, 5.74) is 7.09. The van der Waals surface area contributed by atoms with Gasteiger partial charge < -0.3 is 19.2 Å². The van der Waals surface area contributed by atoms with Crippen molar-refractivity contribution in [2.24, 2.45) is 0 Å². The number of para-hydroxylation sites is 1. The smallest absolute Gasteiger partial charge is 0.272 e. The predicted octanol–water partition coefficient (Wildman–Crippen LogP) is 5.69. The summed E-state index contributed by atoms with van der Waals surface area (Å²) in [6.07, 6.45) is 0. The standard InChI is InChI=1S/C25H29N3O2/c1-16(2)28-21-12-7-6-10-19(21)24-22(28)15-23(27(24)13-14-30-5)25(29)26-20-11-8-9-17(3)18(20)4/h6-12,15-16H,13-14H2,1-5H3,(H,26,29). The third-order valence-corrected chi connectivity index (χ3v) is 5.88. The average molecular weight is 404 g/mol. The van der Waals surface area contributed by atoms with Gasteiger partial charge in [-0.1, -0.05) is 30.3 Å². The average Bonchev–Trinajstić information content (AvgIpc) is 3.24. The molecule has 2 heterocycles. The zero-order valence-corrected chi connectivity index (χ0v) is 18.3. The number of nitrogens with zero attached hydrogens (tertiary/aromatic N) is 2. The van der Waals surface area contributed by atoms with Gasteiger partial charge in [-0.25, -0.2) is 0 Å². The van der Waals surface area contributed by atoms with E-state index in [-0.39, 0.29) is 11.9 Å². The molecule has 1 amide bonds. The van der Waals surface area contributed by atoms with E-state index in [1.807, 2.05) is 25.1 Å². The number of amides is 1. The van der Waals surface area contributed by atoms with Gasteiger partial charge in [0.05, 0.1) is 23.2 Å². The van der Waals surface area contributed by atoms with Crippen molar-refractivity contribution in [2.75, 3.05) is 19.0 Å². The van der Waals surface area contributed by atoms with Crippen molar-refractivity contribution < 1.29 is 9.53 Å². The van der Waals surface area contributed by atoms with Crippen LogP contribution in [0.1, 0.15) is 41.5 Å². The highest BCUT2D eigenvalue weighted by molar-refractivity contribution is 6.12. The van der Waals surface area contributed by atoms with Crippen molar-refractivity contribution in [1.82, 2.24) is 9.13 Å². The molecule has 2 aromatic carbocycles. The van der Waals surface area contributed by atoms with Crippen LogP contribution in [0, 0.1) is 13.8 Å². The molecule has 0 unspecified atom stereocenters. The van der Waals surface area contributed by atoms with Crippen LogP contribution in [0.5, 0.6) is 0 Å². The lowest BCUT2D eigenvalue weighted by Crippen LogP contribution is -2.19. The SMILES string of the molecule is COCCn1c(C(=O)Nc2cccc(C)c2C)cc2c1c1ccccc1n2C(C)C. The Balaban J connectivity index is 1.89. The Morgan fingerprint density at radius 3 is 2.57 bits per heavy atom. The molecule has 4 aromatic rings. The van der Waals surface area contributed by atoms with Crippen molar-refractivity contribution in [3.63, 3.8) is 0 Å². The quantitative estimate of drug-likeness (QED) is 0.449. The molecular weight excluding hydrogens is 374 g/mol. The van der Waals surface area contributed by atoms with Crippen LogP contribution in [-0.4, -0.2) is 28.8 Å². The topological polar surface area (TPSA) is 48.2 Å². The van der Waals surface area contributed by atoms with Crippen molar-refractivity contribution >= 4 is 33.5 Å². The first kappa shape index (κ1) is 20.2. The monoisotopic (exact) mass is 403 g/mol. The highest BCUT2D eigenvalue weighted by atomic mass is 16.5. The lowest BCUT2D eigenvalue weighted by atomic mass is 10.1. The summed E-state index contributed by atoms with van der Waals surface area (Å²) >= 11 is 0. The largest absolute Gasteiger partial charge is 0.383 e. The van der Waals surface area contributed by atoms with Crippen LogP contribution in [0.3, 0.4) is 0 Å². The Morgan fingerprint density at radius 1 is 1.07 bits per heavy atom. The molecule has 0 atom stereocenters. The van der Waals surface area contributed by atoms with E-state index in [0.29, 0.717) is 18.8 Å². The number of fused-ring (bicyclic) bond motifs is 3. The Labute approximate surface area is 177 Å². The van der Waals surface area contributed by atoms with Crippen molar-refractivity contribution in [2.45, 2.75) is 40.3 Å². The minimum atomic E-state index is -0.101. The second-order valence-corrected chi connectivity index (χ2v) is 8.09. The summed E-state index contributed by atoms with van der Waals surface area (Å²) in [4.78, 5) is 13.4. The van der Waals surface area contributed by atoms with E-state index in [2.05, 4.69) is 65.6 Å². The molecule has 0 fully saturated rings. The first-order valence-corrected chi connectivity index (χ1v) is 10.4. The zero-order chi connectivity index (χ0) is 21.4. The van der Waals surface area contributed by atoms with Gasteiger partial charge in [-0.15, -0.1) is 0 Å². The first-order chi connectivity index (χ1) is 14.4. The number of rotatable bonds is 6. The van der Waals surface area contributed by atoms with Gasteiger partial charge in [0.2, 0.25) is 0 Å². The van der Waals surface area contributed by atoms with E-state index in [4.69, 9.17) is 4.74 Å². The molecule has 5 nitrogen and oxygen atoms in total. The van der Waals surface area contributed by atoms with E-state index < -0.39 is 0 Å². The molecule has 5 heteroatoms. The molecule has 0 saturated heterocycles. The fraction of sp³-hybridized carbons (Fsp3) is 0.320. The molecular formula is C25H29N3O2. The van der Waals surface area contributed by atoms with E-state index in [1.165, 1.54) is 5.52 Å². The fourth-order valence-electron chi connectivity index (χ4n) is 4.25. The number of hydrogen-bond donors (Lipinski definition) is 1. The summed E-state index contributed by atoms with van der Waals surface area (Å²) in [6, 6.07) is 16.7. The number of ether oxygens (including phenoxy) is 1. The summed E-state index contributed by atoms with van der Waals surface area (Å²) in [5, 5.41) is 4.28. The first-order valence-electron chi connectivity index (χ1n) is 10.4. The third-order valence-electron chi connectivity index (χ3n) is 5.88. The minimum Gasteiger partial charge on any atom is -0.383 e. The minimum absolute atomic E-state index is 0.101. The van der Waals surface area contributed by atoms with Crippen molar-refractivity contribution in [1.29, 1.82) is 0 Å². The molecule has 0 radical (unpaired) electrons. The van der Waals surface area contributed by atoms with Gasteiger partial charge in [0.25, 0.3) is 5.91 Å². The molecule has 0 spiro atoms. The maximum atomic E-state index is 13.4. The van der Waals surface area contributed by atoms with E-state index in [1.54, 1.807) is 7.11 Å². The fourth-order valence-corrected chi connectivity index (χ4v) is 4.25. The number of nitrogens with one attached hydrogen (secondary N) is 1.